The molecule has 1 amide bonds. The Bertz CT molecular complexity index is 1600. The number of carbonyl (C=O) groups is 1. The second-order valence-corrected chi connectivity index (χ2v) is 11.8. The fourth-order valence-corrected chi connectivity index (χ4v) is 5.89. The van der Waals surface area contributed by atoms with E-state index in [4.69, 9.17) is 38.0 Å². The van der Waals surface area contributed by atoms with Crippen molar-refractivity contribution in [1.29, 1.82) is 0 Å². The third-order valence-corrected chi connectivity index (χ3v) is 8.54. The molecule has 5 rings (SSSR count). The number of carbonyl (C=O) groups excluding carboxylic acids is 1. The molecule has 3 aromatic carbocycles. The van der Waals surface area contributed by atoms with E-state index in [1.807, 2.05) is 57.2 Å². The summed E-state index contributed by atoms with van der Waals surface area (Å²) in [5, 5.41) is 13.0. The highest BCUT2D eigenvalue weighted by atomic mass is 35.5. The number of aryl methyl sites for hydroxylation is 2. The molecule has 0 aliphatic carbocycles. The number of amides is 1. The van der Waals surface area contributed by atoms with E-state index in [0.29, 0.717) is 32.5 Å². The summed E-state index contributed by atoms with van der Waals surface area (Å²) in [5.41, 5.74) is 5.78. The average Bonchev–Trinajstić information content (AvgIpc) is 3.35. The van der Waals surface area contributed by atoms with Crippen molar-refractivity contribution in [2.75, 3.05) is 16.4 Å². The maximum absolute atomic E-state index is 13.9. The first-order chi connectivity index (χ1) is 19.7. The highest BCUT2D eigenvalue weighted by Gasteiger charge is 2.34. The zero-order valence-electron chi connectivity index (χ0n) is 23.3. The first-order valence-corrected chi connectivity index (χ1v) is 15.1. The van der Waals surface area contributed by atoms with Crippen molar-refractivity contribution in [3.63, 3.8) is 0 Å². The molecule has 2 heterocycles. The highest BCUT2D eigenvalue weighted by Crippen LogP contribution is 2.38. The van der Waals surface area contributed by atoms with Crippen LogP contribution in [0.15, 0.2) is 77.1 Å². The van der Waals surface area contributed by atoms with Crippen molar-refractivity contribution < 1.29 is 9.53 Å². The number of rotatable bonds is 9. The van der Waals surface area contributed by atoms with Crippen LogP contribution in [0.3, 0.4) is 0 Å². The van der Waals surface area contributed by atoms with E-state index in [9.17, 15) is 4.79 Å². The molecule has 0 bridgehead atoms. The summed E-state index contributed by atoms with van der Waals surface area (Å²) in [4.78, 5) is 18.6. The normalized spacial score (nSPS) is 14.4. The summed E-state index contributed by atoms with van der Waals surface area (Å²) in [6.45, 7) is 8.27. The Balaban J connectivity index is 1.46. The Hall–Kier alpha value is -3.46. The van der Waals surface area contributed by atoms with Gasteiger partial charge in [0, 0.05) is 32.7 Å². The molecule has 1 aliphatic heterocycles. The molecule has 212 valence electrons. The predicted octanol–water partition coefficient (Wildman–Crippen LogP) is 8.21. The lowest BCUT2D eigenvalue weighted by atomic mass is 9.94. The van der Waals surface area contributed by atoms with E-state index in [-0.39, 0.29) is 12.5 Å². The third kappa shape index (κ3) is 6.40. The Labute approximate surface area is 254 Å². The highest BCUT2D eigenvalue weighted by molar-refractivity contribution is 7.99. The van der Waals surface area contributed by atoms with Gasteiger partial charge in [-0.3, -0.25) is 4.79 Å². The first kappa shape index (κ1) is 29.0. The number of ether oxygens (including phenoxy) is 1. The van der Waals surface area contributed by atoms with Crippen LogP contribution in [0.25, 0.3) is 0 Å². The van der Waals surface area contributed by atoms with Gasteiger partial charge in [-0.05, 0) is 68.7 Å². The van der Waals surface area contributed by atoms with E-state index in [1.54, 1.807) is 34.6 Å². The number of aromatic nitrogens is 3. The molecule has 1 atom stereocenters. The topological polar surface area (TPSA) is 81.1 Å². The molecule has 1 aromatic heterocycles. The zero-order chi connectivity index (χ0) is 29.1. The van der Waals surface area contributed by atoms with Gasteiger partial charge in [0.2, 0.25) is 11.1 Å². The smallest absolute Gasteiger partial charge is 0.255 e. The molecule has 0 saturated carbocycles. The molecule has 0 spiro atoms. The quantitative estimate of drug-likeness (QED) is 0.187. The van der Waals surface area contributed by atoms with E-state index in [0.717, 1.165) is 45.8 Å². The number of allylic oxidation sites excluding steroid dienone is 1. The Kier molecular flexibility index (Phi) is 8.92. The second kappa shape index (κ2) is 12.6. The van der Waals surface area contributed by atoms with Crippen LogP contribution < -0.4 is 15.4 Å². The summed E-state index contributed by atoms with van der Waals surface area (Å²) in [5.74, 6) is 1.95. The lowest BCUT2D eigenvalue weighted by Crippen LogP contribution is -2.31. The molecule has 0 saturated heterocycles. The van der Waals surface area contributed by atoms with Crippen LogP contribution in [-0.2, 0) is 11.4 Å². The summed E-state index contributed by atoms with van der Waals surface area (Å²) < 4.78 is 7.79. The van der Waals surface area contributed by atoms with Crippen molar-refractivity contribution in [3.8, 4) is 5.75 Å². The number of anilines is 2. The van der Waals surface area contributed by atoms with Gasteiger partial charge in [0.1, 0.15) is 18.4 Å². The zero-order valence-corrected chi connectivity index (χ0v) is 25.6. The van der Waals surface area contributed by atoms with Crippen molar-refractivity contribution >= 4 is 52.5 Å². The average molecular weight is 609 g/mol. The largest absolute Gasteiger partial charge is 0.489 e. The fraction of sp³-hybridized carbons (Fsp3) is 0.258. The minimum absolute atomic E-state index is 0.204. The second-order valence-electron chi connectivity index (χ2n) is 9.91. The van der Waals surface area contributed by atoms with Gasteiger partial charge in [0.25, 0.3) is 5.91 Å². The number of nitrogens with zero attached hydrogens (tertiary/aromatic N) is 3. The lowest BCUT2D eigenvalue weighted by molar-refractivity contribution is -0.113. The fourth-order valence-electron chi connectivity index (χ4n) is 4.70. The molecule has 0 fully saturated rings. The molecule has 0 radical (unpaired) electrons. The van der Waals surface area contributed by atoms with Crippen LogP contribution in [-0.4, -0.2) is 26.4 Å². The molecule has 10 heteroatoms. The van der Waals surface area contributed by atoms with Gasteiger partial charge in [-0.2, -0.15) is 4.98 Å². The van der Waals surface area contributed by atoms with E-state index < -0.39 is 6.04 Å². The summed E-state index contributed by atoms with van der Waals surface area (Å²) in [6.07, 6.45) is 1.01. The van der Waals surface area contributed by atoms with E-state index in [2.05, 4.69) is 23.6 Å². The van der Waals surface area contributed by atoms with Crippen LogP contribution >= 0.6 is 35.0 Å². The standard InChI is InChI=1S/C31H31Cl2N5O2S/c1-5-15-41-31-36-30-34-20(4)27(29(39)35-26-14-9-18(2)16-19(26)3)28(38(30)37-31)21-10-12-22(13-11-21)40-17-23-24(32)7-6-8-25(23)33/h6-14,16,28H,5,15,17H2,1-4H3,(H,35,39)(H,34,36,37). The van der Waals surface area contributed by atoms with Crippen LogP contribution in [0, 0.1) is 13.8 Å². The van der Waals surface area contributed by atoms with E-state index in [1.165, 1.54) is 0 Å². The van der Waals surface area contributed by atoms with Crippen LogP contribution in [0.5, 0.6) is 5.75 Å². The maximum atomic E-state index is 13.9. The SMILES string of the molecule is CCCSc1nc2n(n1)C(c1ccc(OCc3c(Cl)cccc3Cl)cc1)C(C(=O)Nc1ccc(C)cc1C)=C(C)N2. The third-order valence-electron chi connectivity index (χ3n) is 6.78. The van der Waals surface area contributed by atoms with Gasteiger partial charge < -0.3 is 15.4 Å². The van der Waals surface area contributed by atoms with Gasteiger partial charge in [0.05, 0.1) is 5.57 Å². The lowest BCUT2D eigenvalue weighted by Gasteiger charge is -2.29. The van der Waals surface area contributed by atoms with Gasteiger partial charge in [0.15, 0.2) is 0 Å². The molecule has 2 N–H and O–H groups in total. The minimum atomic E-state index is -0.493. The Morgan fingerprint density at radius 1 is 1.07 bits per heavy atom. The first-order valence-electron chi connectivity index (χ1n) is 13.4. The van der Waals surface area contributed by atoms with Crippen molar-refractivity contribution in [2.24, 2.45) is 0 Å². The van der Waals surface area contributed by atoms with Crippen LogP contribution in [0.1, 0.15) is 48.6 Å². The van der Waals surface area contributed by atoms with Crippen LogP contribution in [0.2, 0.25) is 10.0 Å². The minimum Gasteiger partial charge on any atom is -0.489 e. The number of benzene rings is 3. The number of fused-ring (bicyclic) bond motifs is 1. The molecular formula is C31H31Cl2N5O2S. The van der Waals surface area contributed by atoms with Gasteiger partial charge >= 0.3 is 0 Å². The van der Waals surface area contributed by atoms with Gasteiger partial charge in [-0.15, -0.1) is 5.10 Å². The molecule has 7 nitrogen and oxygen atoms in total. The molecule has 41 heavy (non-hydrogen) atoms. The van der Waals surface area contributed by atoms with Crippen molar-refractivity contribution in [2.45, 2.75) is 51.9 Å². The summed E-state index contributed by atoms with van der Waals surface area (Å²) in [7, 11) is 0. The Morgan fingerprint density at radius 2 is 1.80 bits per heavy atom. The number of halogens is 2. The number of hydrogen-bond acceptors (Lipinski definition) is 6. The monoisotopic (exact) mass is 607 g/mol. The molecule has 1 unspecified atom stereocenters. The molecular weight excluding hydrogens is 577 g/mol. The molecule has 4 aromatic rings. The molecule has 1 aliphatic rings. The van der Waals surface area contributed by atoms with E-state index >= 15 is 0 Å². The van der Waals surface area contributed by atoms with Gasteiger partial charge in [-0.1, -0.05) is 77.8 Å². The van der Waals surface area contributed by atoms with Crippen LogP contribution in [0.4, 0.5) is 11.6 Å². The number of nitrogens with one attached hydrogen (secondary N) is 2. The Morgan fingerprint density at radius 3 is 2.49 bits per heavy atom. The van der Waals surface area contributed by atoms with Crippen molar-refractivity contribution in [1.82, 2.24) is 14.8 Å². The number of thioether (sulfide) groups is 1. The van der Waals surface area contributed by atoms with Crippen molar-refractivity contribution in [3.05, 3.63) is 104 Å². The maximum Gasteiger partial charge on any atom is 0.255 e. The summed E-state index contributed by atoms with van der Waals surface area (Å²) in [6, 6.07) is 18.5. The summed E-state index contributed by atoms with van der Waals surface area (Å²) >= 11 is 14.2. The predicted molar refractivity (Wildman–Crippen MR) is 167 cm³/mol. The number of hydrogen-bond donors (Lipinski definition) is 2. The van der Waals surface area contributed by atoms with Gasteiger partial charge in [-0.25, -0.2) is 4.68 Å².